The molecule has 0 aliphatic heterocycles. The van der Waals surface area contributed by atoms with Gasteiger partial charge in [0.1, 0.15) is 5.75 Å². The molecule has 0 aromatic heterocycles. The van der Waals surface area contributed by atoms with E-state index in [1.165, 1.54) is 19.3 Å². The summed E-state index contributed by atoms with van der Waals surface area (Å²) in [6.07, 6.45) is 1.99. The van der Waals surface area contributed by atoms with Gasteiger partial charge in [0, 0.05) is 0 Å². The number of hydrogen-bond donors (Lipinski definition) is 1. The Morgan fingerprint density at radius 1 is 1.11 bits per heavy atom. The van der Waals surface area contributed by atoms with Gasteiger partial charge in [-0.3, -0.25) is 0 Å². The number of hydrogen-bond acceptors (Lipinski definition) is 1. The Labute approximate surface area is 105 Å². The highest BCUT2D eigenvalue weighted by molar-refractivity contribution is 5.38. The lowest BCUT2D eigenvalue weighted by atomic mass is 9.84. The minimum absolute atomic E-state index is 0.490. The van der Waals surface area contributed by atoms with Crippen molar-refractivity contribution in [2.24, 2.45) is 5.92 Å². The normalized spacial score (nSPS) is 17.9. The molecule has 1 aromatic carbocycles. The molecule has 1 fully saturated rings. The number of alkyl halides is 3. The van der Waals surface area contributed by atoms with E-state index >= 15 is 0 Å². The Balaban J connectivity index is 2.14. The van der Waals surface area contributed by atoms with E-state index in [4.69, 9.17) is 0 Å². The van der Waals surface area contributed by atoms with E-state index in [0.29, 0.717) is 17.9 Å². The lowest BCUT2D eigenvalue weighted by Crippen LogP contribution is -2.11. The highest BCUT2D eigenvalue weighted by Gasteiger charge is 2.34. The summed E-state index contributed by atoms with van der Waals surface area (Å²) in [5.41, 5.74) is -0.247. The van der Waals surface area contributed by atoms with Crippen LogP contribution in [0.2, 0.25) is 0 Å². The zero-order chi connectivity index (χ0) is 13.2. The second kappa shape index (κ2) is 5.21. The quantitative estimate of drug-likeness (QED) is 0.826. The van der Waals surface area contributed by atoms with Crippen LogP contribution in [-0.4, -0.2) is 5.11 Å². The molecule has 0 unspecified atom stereocenters. The van der Waals surface area contributed by atoms with Crippen molar-refractivity contribution in [3.63, 3.8) is 0 Å². The van der Waals surface area contributed by atoms with Gasteiger partial charge in [0.05, 0.1) is 5.56 Å². The van der Waals surface area contributed by atoms with Crippen molar-refractivity contribution in [3.8, 4) is 5.75 Å². The maximum absolute atomic E-state index is 12.6. The first kappa shape index (κ1) is 13.2. The fraction of sp³-hybridized carbons (Fsp3) is 0.571. The molecule has 4 heteroatoms. The van der Waals surface area contributed by atoms with Crippen LogP contribution in [0.15, 0.2) is 18.2 Å². The third-order valence-corrected chi connectivity index (χ3v) is 3.62. The van der Waals surface area contributed by atoms with Crippen molar-refractivity contribution in [1.82, 2.24) is 0 Å². The number of phenolic OH excluding ortho intramolecular Hbond substituents is 1. The number of aromatic hydroxyl groups is 1. The van der Waals surface area contributed by atoms with Crippen LogP contribution in [0, 0.1) is 5.92 Å². The summed E-state index contributed by atoms with van der Waals surface area (Å²) >= 11 is 0. The summed E-state index contributed by atoms with van der Waals surface area (Å²) in [7, 11) is 0. The Morgan fingerprint density at radius 3 is 2.39 bits per heavy atom. The summed E-state index contributed by atoms with van der Waals surface area (Å²) in [5, 5.41) is 9.26. The lowest BCUT2D eigenvalue weighted by molar-refractivity contribution is -0.138. The highest BCUT2D eigenvalue weighted by atomic mass is 19.4. The third kappa shape index (κ3) is 3.18. The highest BCUT2D eigenvalue weighted by Crippen LogP contribution is 2.37. The van der Waals surface area contributed by atoms with E-state index in [-0.39, 0.29) is 0 Å². The summed E-state index contributed by atoms with van der Waals surface area (Å²) < 4.78 is 37.9. The minimum atomic E-state index is -4.48. The van der Waals surface area contributed by atoms with Crippen molar-refractivity contribution in [2.45, 2.75) is 44.7 Å². The molecule has 2 rings (SSSR count). The average molecular weight is 258 g/mol. The van der Waals surface area contributed by atoms with Crippen LogP contribution in [0.25, 0.3) is 0 Å². The van der Waals surface area contributed by atoms with Gasteiger partial charge in [-0.05, 0) is 30.0 Å². The van der Waals surface area contributed by atoms with Crippen LogP contribution in [0.5, 0.6) is 5.75 Å². The fourth-order valence-corrected chi connectivity index (χ4v) is 2.66. The number of phenols is 1. The van der Waals surface area contributed by atoms with Gasteiger partial charge in [0.2, 0.25) is 0 Å². The summed E-state index contributed by atoms with van der Waals surface area (Å²) in [6.45, 7) is 0. The molecule has 1 aliphatic carbocycles. The SMILES string of the molecule is Oc1ccc(CC2CCCCC2)cc1C(F)(F)F. The van der Waals surface area contributed by atoms with E-state index in [2.05, 4.69) is 0 Å². The third-order valence-electron chi connectivity index (χ3n) is 3.62. The standard InChI is InChI=1S/C14H17F3O/c15-14(16,17)12-9-11(6-7-13(12)18)8-10-4-2-1-3-5-10/h6-7,9-10,18H,1-5,8H2. The van der Waals surface area contributed by atoms with Crippen LogP contribution in [0.4, 0.5) is 13.2 Å². The van der Waals surface area contributed by atoms with E-state index in [9.17, 15) is 18.3 Å². The van der Waals surface area contributed by atoms with Crippen molar-refractivity contribution in [3.05, 3.63) is 29.3 Å². The largest absolute Gasteiger partial charge is 0.507 e. The molecule has 1 nitrogen and oxygen atoms in total. The zero-order valence-corrected chi connectivity index (χ0v) is 10.1. The van der Waals surface area contributed by atoms with Gasteiger partial charge in [0.25, 0.3) is 0 Å². The maximum atomic E-state index is 12.6. The lowest BCUT2D eigenvalue weighted by Gasteiger charge is -2.22. The topological polar surface area (TPSA) is 20.2 Å². The van der Waals surface area contributed by atoms with E-state index in [1.54, 1.807) is 6.07 Å². The molecule has 1 aromatic rings. The van der Waals surface area contributed by atoms with Gasteiger partial charge in [-0.1, -0.05) is 38.2 Å². The molecule has 1 N–H and O–H groups in total. The van der Waals surface area contributed by atoms with Crippen LogP contribution in [-0.2, 0) is 12.6 Å². The Bertz CT molecular complexity index is 406. The summed E-state index contributed by atoms with van der Waals surface area (Å²) in [4.78, 5) is 0. The molecule has 18 heavy (non-hydrogen) atoms. The molecule has 0 atom stereocenters. The van der Waals surface area contributed by atoms with Crippen LogP contribution < -0.4 is 0 Å². The molecule has 1 aliphatic rings. The first-order valence-electron chi connectivity index (χ1n) is 6.36. The molecular formula is C14H17F3O. The van der Waals surface area contributed by atoms with Gasteiger partial charge >= 0.3 is 6.18 Å². The molecular weight excluding hydrogens is 241 g/mol. The number of halogens is 3. The zero-order valence-electron chi connectivity index (χ0n) is 10.1. The van der Waals surface area contributed by atoms with E-state index in [0.717, 1.165) is 25.0 Å². The minimum Gasteiger partial charge on any atom is -0.507 e. The first-order valence-corrected chi connectivity index (χ1v) is 6.36. The Kier molecular flexibility index (Phi) is 3.83. The fourth-order valence-electron chi connectivity index (χ4n) is 2.66. The summed E-state index contributed by atoms with van der Waals surface area (Å²) in [6, 6.07) is 3.84. The van der Waals surface area contributed by atoms with Crippen LogP contribution in [0.3, 0.4) is 0 Å². The van der Waals surface area contributed by atoms with Gasteiger partial charge < -0.3 is 5.11 Å². The predicted molar refractivity (Wildman–Crippen MR) is 63.4 cm³/mol. The molecule has 0 heterocycles. The molecule has 0 radical (unpaired) electrons. The molecule has 0 bridgehead atoms. The smallest absolute Gasteiger partial charge is 0.419 e. The van der Waals surface area contributed by atoms with Gasteiger partial charge in [0.15, 0.2) is 0 Å². The molecule has 0 spiro atoms. The Morgan fingerprint density at radius 2 is 1.78 bits per heavy atom. The second-order valence-corrected chi connectivity index (χ2v) is 5.06. The first-order chi connectivity index (χ1) is 8.47. The molecule has 1 saturated carbocycles. The van der Waals surface area contributed by atoms with Crippen molar-refractivity contribution in [2.75, 3.05) is 0 Å². The van der Waals surface area contributed by atoms with Crippen molar-refractivity contribution in [1.29, 1.82) is 0 Å². The number of rotatable bonds is 2. The van der Waals surface area contributed by atoms with Crippen LogP contribution in [0.1, 0.15) is 43.2 Å². The predicted octanol–water partition coefficient (Wildman–Crippen LogP) is 4.53. The van der Waals surface area contributed by atoms with Crippen LogP contribution >= 0.6 is 0 Å². The molecule has 100 valence electrons. The summed E-state index contributed by atoms with van der Waals surface area (Å²) in [5.74, 6) is -0.195. The van der Waals surface area contributed by atoms with Crippen molar-refractivity contribution >= 4 is 0 Å². The molecule has 0 saturated heterocycles. The second-order valence-electron chi connectivity index (χ2n) is 5.06. The maximum Gasteiger partial charge on any atom is 0.419 e. The van der Waals surface area contributed by atoms with Gasteiger partial charge in [-0.15, -0.1) is 0 Å². The van der Waals surface area contributed by atoms with Gasteiger partial charge in [-0.25, -0.2) is 0 Å². The monoisotopic (exact) mass is 258 g/mol. The molecule has 0 amide bonds. The van der Waals surface area contributed by atoms with Gasteiger partial charge in [-0.2, -0.15) is 13.2 Å². The van der Waals surface area contributed by atoms with E-state index < -0.39 is 17.5 Å². The van der Waals surface area contributed by atoms with Crippen molar-refractivity contribution < 1.29 is 18.3 Å². The number of benzene rings is 1. The van der Waals surface area contributed by atoms with E-state index in [1.807, 2.05) is 0 Å². The Hall–Kier alpha value is -1.19. The average Bonchev–Trinajstić information content (AvgIpc) is 2.31.